The van der Waals surface area contributed by atoms with Gasteiger partial charge in [0.15, 0.2) is 0 Å². The van der Waals surface area contributed by atoms with Gasteiger partial charge in [-0.1, -0.05) is 18.2 Å². The fourth-order valence-electron chi connectivity index (χ4n) is 3.62. The summed E-state index contributed by atoms with van der Waals surface area (Å²) < 4.78 is 0. The average Bonchev–Trinajstić information content (AvgIpc) is 3.30. The zero-order chi connectivity index (χ0) is 16.7. The van der Waals surface area contributed by atoms with E-state index in [9.17, 15) is 4.79 Å². The lowest BCUT2D eigenvalue weighted by atomic mass is 9.96. The Morgan fingerprint density at radius 1 is 1.38 bits per heavy atom. The van der Waals surface area contributed by atoms with Crippen LogP contribution < -0.4 is 5.32 Å². The van der Waals surface area contributed by atoms with Crippen molar-refractivity contribution < 1.29 is 4.79 Å². The molecule has 2 aliphatic rings. The Morgan fingerprint density at radius 3 is 2.92 bits per heavy atom. The fraction of sp³-hybridized carbons (Fsp3) is 0.450. The second-order valence-electron chi connectivity index (χ2n) is 7.13. The van der Waals surface area contributed by atoms with Gasteiger partial charge in [-0.2, -0.15) is 0 Å². The van der Waals surface area contributed by atoms with Gasteiger partial charge >= 0.3 is 0 Å². The summed E-state index contributed by atoms with van der Waals surface area (Å²) in [6.07, 6.45) is 7.69. The lowest BCUT2D eigenvalue weighted by Gasteiger charge is -2.31. The van der Waals surface area contributed by atoms with E-state index in [1.165, 1.54) is 27.6 Å². The van der Waals surface area contributed by atoms with Gasteiger partial charge in [0.05, 0.1) is 6.04 Å². The van der Waals surface area contributed by atoms with Gasteiger partial charge in [0.1, 0.15) is 0 Å². The fourth-order valence-corrected chi connectivity index (χ4v) is 3.62. The zero-order valence-corrected chi connectivity index (χ0v) is 14.4. The van der Waals surface area contributed by atoms with Crippen molar-refractivity contribution >= 4 is 22.4 Å². The summed E-state index contributed by atoms with van der Waals surface area (Å²) in [6, 6.07) is 6.78. The van der Waals surface area contributed by atoms with E-state index < -0.39 is 0 Å². The Bertz CT molecular complexity index is 800. The lowest BCUT2D eigenvalue weighted by molar-refractivity contribution is -0.125. The number of fused-ring (bicyclic) bond motifs is 1. The number of aryl methyl sites for hydroxylation is 1. The van der Waals surface area contributed by atoms with Crippen LogP contribution in [0.5, 0.6) is 0 Å². The maximum absolute atomic E-state index is 12.2. The molecule has 2 heterocycles. The minimum atomic E-state index is -0.0481. The molecule has 4 rings (SSSR count). The van der Waals surface area contributed by atoms with Crippen LogP contribution in [0.15, 0.2) is 30.5 Å². The summed E-state index contributed by atoms with van der Waals surface area (Å²) in [5.74, 6) is 0.178. The largest absolute Gasteiger partial charge is 0.361 e. The summed E-state index contributed by atoms with van der Waals surface area (Å²) in [7, 11) is 0. The first kappa shape index (κ1) is 15.5. The van der Waals surface area contributed by atoms with Crippen molar-refractivity contribution in [1.82, 2.24) is 15.2 Å². The summed E-state index contributed by atoms with van der Waals surface area (Å²) in [6.45, 7) is 5.96. The molecule has 1 atom stereocenters. The van der Waals surface area contributed by atoms with Crippen LogP contribution in [0.25, 0.3) is 16.5 Å². The molecule has 0 saturated heterocycles. The number of rotatable bonds is 4. The maximum Gasteiger partial charge on any atom is 0.237 e. The molecule has 1 fully saturated rings. The molecule has 1 aromatic heterocycles. The van der Waals surface area contributed by atoms with Gasteiger partial charge in [0, 0.05) is 41.8 Å². The van der Waals surface area contributed by atoms with Crippen molar-refractivity contribution in [2.24, 2.45) is 0 Å². The van der Waals surface area contributed by atoms with Crippen LogP contribution in [0.4, 0.5) is 0 Å². The maximum atomic E-state index is 12.2. The molecule has 24 heavy (non-hydrogen) atoms. The summed E-state index contributed by atoms with van der Waals surface area (Å²) in [5, 5.41) is 4.45. The van der Waals surface area contributed by atoms with Gasteiger partial charge in [0.25, 0.3) is 0 Å². The van der Waals surface area contributed by atoms with Gasteiger partial charge in [-0.05, 0) is 50.3 Å². The first-order valence-corrected chi connectivity index (χ1v) is 8.94. The number of nitrogens with one attached hydrogen (secondary N) is 2. The van der Waals surface area contributed by atoms with E-state index in [0.717, 1.165) is 32.4 Å². The van der Waals surface area contributed by atoms with E-state index in [4.69, 9.17) is 0 Å². The van der Waals surface area contributed by atoms with Crippen molar-refractivity contribution in [3.05, 3.63) is 41.6 Å². The molecule has 2 N–H and O–H groups in total. The zero-order valence-electron chi connectivity index (χ0n) is 14.4. The van der Waals surface area contributed by atoms with Gasteiger partial charge in [-0.15, -0.1) is 0 Å². The molecule has 126 valence electrons. The third-order valence-corrected chi connectivity index (χ3v) is 5.35. The van der Waals surface area contributed by atoms with E-state index in [1.807, 2.05) is 6.92 Å². The summed E-state index contributed by atoms with van der Waals surface area (Å²) >= 11 is 0. The Hall–Kier alpha value is -2.07. The third-order valence-electron chi connectivity index (χ3n) is 5.35. The summed E-state index contributed by atoms with van der Waals surface area (Å²) in [5.41, 5.74) is 5.22. The van der Waals surface area contributed by atoms with Crippen LogP contribution in [0.3, 0.4) is 0 Å². The van der Waals surface area contributed by atoms with Gasteiger partial charge in [-0.3, -0.25) is 9.69 Å². The topological polar surface area (TPSA) is 48.1 Å². The Kier molecular flexibility index (Phi) is 3.93. The highest BCUT2D eigenvalue weighted by atomic mass is 16.2. The number of carbonyl (C=O) groups is 1. The molecule has 1 aromatic carbocycles. The predicted octanol–water partition coefficient (Wildman–Crippen LogP) is 3.23. The molecule has 1 aliphatic carbocycles. The minimum absolute atomic E-state index is 0.0481. The number of amides is 1. The molecule has 0 unspecified atom stereocenters. The molecular formula is C20H25N3O. The van der Waals surface area contributed by atoms with Crippen LogP contribution in [0.2, 0.25) is 0 Å². The molecule has 0 bridgehead atoms. The number of hydrogen-bond donors (Lipinski definition) is 2. The predicted molar refractivity (Wildman–Crippen MR) is 97.8 cm³/mol. The molecular weight excluding hydrogens is 298 g/mol. The van der Waals surface area contributed by atoms with Crippen LogP contribution in [0.1, 0.15) is 37.3 Å². The molecule has 1 aliphatic heterocycles. The van der Waals surface area contributed by atoms with E-state index in [-0.39, 0.29) is 11.9 Å². The van der Waals surface area contributed by atoms with E-state index in [1.54, 1.807) is 0 Å². The quantitative estimate of drug-likeness (QED) is 0.907. The van der Waals surface area contributed by atoms with Gasteiger partial charge in [0.2, 0.25) is 5.91 Å². The van der Waals surface area contributed by atoms with E-state index >= 15 is 0 Å². The first-order chi connectivity index (χ1) is 11.6. The van der Waals surface area contributed by atoms with Crippen molar-refractivity contribution in [3.63, 3.8) is 0 Å². The molecule has 0 spiro atoms. The first-order valence-electron chi connectivity index (χ1n) is 8.94. The SMILES string of the molecule is Cc1cccc2[nH]cc(C3=CCN([C@@H](C)C(=O)NC4CC4)CC3)c12. The second-order valence-corrected chi connectivity index (χ2v) is 7.13. The number of carbonyl (C=O) groups excluding carboxylic acids is 1. The number of hydrogen-bond acceptors (Lipinski definition) is 2. The molecule has 4 heteroatoms. The van der Waals surface area contributed by atoms with E-state index in [2.05, 4.69) is 52.6 Å². The summed E-state index contributed by atoms with van der Waals surface area (Å²) in [4.78, 5) is 17.9. The molecule has 4 nitrogen and oxygen atoms in total. The molecule has 1 amide bonds. The van der Waals surface area contributed by atoms with Gasteiger partial charge in [-0.25, -0.2) is 0 Å². The standard InChI is InChI=1S/C20H25N3O/c1-13-4-3-5-18-19(13)17(12-21-18)15-8-10-23(11-9-15)14(2)20(24)22-16-6-7-16/h3-5,8,12,14,16,21H,6-7,9-11H2,1-2H3,(H,22,24)/t14-/m0/s1. The Morgan fingerprint density at radius 2 is 2.21 bits per heavy atom. The highest BCUT2D eigenvalue weighted by molar-refractivity contribution is 5.95. The molecule has 2 aromatic rings. The highest BCUT2D eigenvalue weighted by Crippen LogP contribution is 2.31. The van der Waals surface area contributed by atoms with Gasteiger partial charge < -0.3 is 10.3 Å². The number of benzene rings is 1. The second kappa shape index (κ2) is 6.10. The number of nitrogens with zero attached hydrogens (tertiary/aromatic N) is 1. The van der Waals surface area contributed by atoms with Crippen molar-refractivity contribution in [2.45, 2.75) is 45.2 Å². The lowest BCUT2D eigenvalue weighted by Crippen LogP contribution is -2.47. The van der Waals surface area contributed by atoms with Crippen LogP contribution >= 0.6 is 0 Å². The average molecular weight is 323 g/mol. The van der Waals surface area contributed by atoms with Crippen molar-refractivity contribution in [2.75, 3.05) is 13.1 Å². The van der Waals surface area contributed by atoms with Crippen LogP contribution in [-0.4, -0.2) is 41.0 Å². The normalized spacial score (nSPS) is 20.0. The smallest absolute Gasteiger partial charge is 0.237 e. The van der Waals surface area contributed by atoms with Crippen LogP contribution in [-0.2, 0) is 4.79 Å². The van der Waals surface area contributed by atoms with Crippen molar-refractivity contribution in [1.29, 1.82) is 0 Å². The molecule has 1 saturated carbocycles. The number of aromatic amines is 1. The number of H-pyrrole nitrogens is 1. The Balaban J connectivity index is 1.50. The minimum Gasteiger partial charge on any atom is -0.361 e. The third kappa shape index (κ3) is 2.86. The number of aromatic nitrogens is 1. The molecule has 0 radical (unpaired) electrons. The highest BCUT2D eigenvalue weighted by Gasteiger charge is 2.29. The monoisotopic (exact) mass is 323 g/mol. The van der Waals surface area contributed by atoms with E-state index in [0.29, 0.717) is 6.04 Å². The Labute approximate surface area is 142 Å². The van der Waals surface area contributed by atoms with Crippen molar-refractivity contribution in [3.8, 4) is 0 Å². The van der Waals surface area contributed by atoms with Crippen LogP contribution in [0, 0.1) is 6.92 Å².